The fourth-order valence-corrected chi connectivity index (χ4v) is 6.47. The maximum atomic E-state index is 5.19. The monoisotopic (exact) mass is 615 g/mol. The zero-order chi connectivity index (χ0) is 31.9. The van der Waals surface area contributed by atoms with Gasteiger partial charge in [0.05, 0.1) is 28.1 Å². The van der Waals surface area contributed by atoms with Crippen LogP contribution in [0.15, 0.2) is 176 Å². The van der Waals surface area contributed by atoms with E-state index in [1.165, 1.54) is 5.39 Å². The average Bonchev–Trinajstić information content (AvgIpc) is 3.60. The number of aromatic nitrogens is 4. The highest BCUT2D eigenvalue weighted by Crippen LogP contribution is 2.39. The molecular weight excluding hydrogens is 587 g/mol. The Kier molecular flexibility index (Phi) is 6.72. The van der Waals surface area contributed by atoms with E-state index in [-0.39, 0.29) is 0 Å². The summed E-state index contributed by atoms with van der Waals surface area (Å²) in [6, 6.07) is 56.7. The van der Waals surface area contributed by atoms with Gasteiger partial charge in [-0.2, -0.15) is 0 Å². The molecule has 0 N–H and O–H groups in total. The highest BCUT2D eigenvalue weighted by Gasteiger charge is 2.18. The van der Waals surface area contributed by atoms with Crippen LogP contribution in [0.25, 0.3) is 61.2 Å². The number of fused-ring (bicyclic) bond motifs is 3. The highest BCUT2D eigenvalue weighted by molar-refractivity contribution is 6.00. The minimum absolute atomic E-state index is 0.861. The lowest BCUT2D eigenvalue weighted by Crippen LogP contribution is -2.09. The minimum Gasteiger partial charge on any atom is -0.311 e. The van der Waals surface area contributed by atoms with E-state index < -0.39 is 0 Å². The van der Waals surface area contributed by atoms with Crippen molar-refractivity contribution in [3.05, 3.63) is 176 Å². The Morgan fingerprint density at radius 2 is 1.04 bits per heavy atom. The van der Waals surface area contributed by atoms with Gasteiger partial charge in [-0.15, -0.1) is 0 Å². The quantitative estimate of drug-likeness (QED) is 0.187. The normalized spacial score (nSPS) is 11.3. The Labute approximate surface area is 278 Å². The maximum absolute atomic E-state index is 5.19. The number of benzene rings is 6. The Bertz CT molecular complexity index is 2520. The van der Waals surface area contributed by atoms with Gasteiger partial charge in [-0.1, -0.05) is 103 Å². The van der Waals surface area contributed by atoms with Crippen molar-refractivity contribution in [1.82, 2.24) is 19.4 Å². The molecule has 9 aromatic rings. The summed E-state index contributed by atoms with van der Waals surface area (Å²) in [7, 11) is 0. The topological polar surface area (TPSA) is 46.3 Å². The standard InChI is InChI=1S/C43H29N5/c1-2-13-33(14-3-1)48(34-24-20-31(21-25-34)40-29-47-28-9-8-19-41(47)44-40)35-26-22-32(23-27-35)42-43(46-39-18-7-6-17-38(39)45-42)37-16-10-12-30-11-4-5-15-36(30)37/h1-29H. The number of rotatable bonds is 6. The lowest BCUT2D eigenvalue weighted by Gasteiger charge is -2.26. The molecule has 226 valence electrons. The van der Waals surface area contributed by atoms with Gasteiger partial charge >= 0.3 is 0 Å². The van der Waals surface area contributed by atoms with Crippen molar-refractivity contribution in [2.75, 3.05) is 4.90 Å². The third kappa shape index (κ3) is 4.95. The van der Waals surface area contributed by atoms with Gasteiger partial charge in [-0.05, 0) is 71.4 Å². The van der Waals surface area contributed by atoms with Gasteiger partial charge in [0.2, 0.25) is 0 Å². The van der Waals surface area contributed by atoms with Crippen LogP contribution in [0.1, 0.15) is 0 Å². The molecule has 0 spiro atoms. The minimum atomic E-state index is 0.861. The van der Waals surface area contributed by atoms with E-state index in [1.54, 1.807) is 0 Å². The molecular formula is C43H29N5. The van der Waals surface area contributed by atoms with Crippen LogP contribution in [-0.4, -0.2) is 19.4 Å². The van der Waals surface area contributed by atoms with Gasteiger partial charge < -0.3 is 9.30 Å². The van der Waals surface area contributed by atoms with Crippen LogP contribution >= 0.6 is 0 Å². The maximum Gasteiger partial charge on any atom is 0.137 e. The summed E-state index contributed by atoms with van der Waals surface area (Å²) in [5.74, 6) is 0. The highest BCUT2D eigenvalue weighted by atomic mass is 15.1. The molecule has 0 bridgehead atoms. The second-order valence-electron chi connectivity index (χ2n) is 11.8. The van der Waals surface area contributed by atoms with Crippen molar-refractivity contribution in [2.45, 2.75) is 0 Å². The van der Waals surface area contributed by atoms with E-state index >= 15 is 0 Å². The largest absolute Gasteiger partial charge is 0.311 e. The van der Waals surface area contributed by atoms with Gasteiger partial charge in [0.1, 0.15) is 5.65 Å². The molecule has 3 heterocycles. The smallest absolute Gasteiger partial charge is 0.137 e. The Morgan fingerprint density at radius 1 is 0.438 bits per heavy atom. The molecule has 0 aliphatic carbocycles. The SMILES string of the molecule is c1ccc(N(c2ccc(-c3cn4ccccc4n3)cc2)c2ccc(-c3nc4ccccc4nc3-c3cccc4ccccc34)cc2)cc1. The molecule has 0 saturated heterocycles. The fraction of sp³-hybridized carbons (Fsp3) is 0. The van der Waals surface area contributed by atoms with Gasteiger partial charge in [-0.25, -0.2) is 15.0 Å². The van der Waals surface area contributed by atoms with Crippen molar-refractivity contribution >= 4 is 44.5 Å². The van der Waals surface area contributed by atoms with E-state index in [1.807, 2.05) is 59.1 Å². The van der Waals surface area contributed by atoms with Crippen molar-refractivity contribution in [3.63, 3.8) is 0 Å². The second-order valence-corrected chi connectivity index (χ2v) is 11.8. The fourth-order valence-electron chi connectivity index (χ4n) is 6.47. The van der Waals surface area contributed by atoms with E-state index in [9.17, 15) is 0 Å². The summed E-state index contributed by atoms with van der Waals surface area (Å²) in [6.07, 6.45) is 4.09. The van der Waals surface area contributed by atoms with Crippen molar-refractivity contribution in [2.24, 2.45) is 0 Å². The Morgan fingerprint density at radius 3 is 1.79 bits per heavy atom. The molecule has 0 amide bonds. The average molecular weight is 616 g/mol. The summed E-state index contributed by atoms with van der Waals surface area (Å²) in [5.41, 5.74) is 11.7. The summed E-state index contributed by atoms with van der Waals surface area (Å²) < 4.78 is 2.05. The van der Waals surface area contributed by atoms with Crippen LogP contribution < -0.4 is 4.90 Å². The first-order valence-corrected chi connectivity index (χ1v) is 16.0. The molecule has 0 fully saturated rings. The molecule has 0 aliphatic heterocycles. The number of anilines is 3. The van der Waals surface area contributed by atoms with Crippen LogP contribution in [0, 0.1) is 0 Å². The lowest BCUT2D eigenvalue weighted by molar-refractivity contribution is 1.19. The first-order chi connectivity index (χ1) is 23.8. The molecule has 0 unspecified atom stereocenters. The number of imidazole rings is 1. The van der Waals surface area contributed by atoms with E-state index in [0.717, 1.165) is 72.9 Å². The number of pyridine rings is 1. The molecule has 9 rings (SSSR count). The molecule has 48 heavy (non-hydrogen) atoms. The summed E-state index contributed by atoms with van der Waals surface area (Å²) in [6.45, 7) is 0. The molecule has 0 aliphatic rings. The van der Waals surface area contributed by atoms with E-state index in [4.69, 9.17) is 15.0 Å². The second kappa shape index (κ2) is 11.6. The third-order valence-corrected chi connectivity index (χ3v) is 8.81. The van der Waals surface area contributed by atoms with E-state index in [0.29, 0.717) is 0 Å². The summed E-state index contributed by atoms with van der Waals surface area (Å²) in [5, 5.41) is 2.33. The number of hydrogen-bond donors (Lipinski definition) is 0. The molecule has 3 aromatic heterocycles. The van der Waals surface area contributed by atoms with Gasteiger partial charge in [0, 0.05) is 46.1 Å². The van der Waals surface area contributed by atoms with Crippen molar-refractivity contribution in [3.8, 4) is 33.8 Å². The zero-order valence-electron chi connectivity index (χ0n) is 26.0. The molecule has 5 heteroatoms. The molecule has 0 atom stereocenters. The van der Waals surface area contributed by atoms with E-state index in [2.05, 4.69) is 126 Å². The van der Waals surface area contributed by atoms with Crippen LogP contribution in [0.5, 0.6) is 0 Å². The Hall–Kier alpha value is -6.59. The van der Waals surface area contributed by atoms with Gasteiger partial charge in [-0.3, -0.25) is 0 Å². The van der Waals surface area contributed by atoms with Crippen molar-refractivity contribution < 1.29 is 0 Å². The number of para-hydroxylation sites is 3. The Balaban J connectivity index is 1.13. The molecule has 5 nitrogen and oxygen atoms in total. The third-order valence-electron chi connectivity index (χ3n) is 8.81. The van der Waals surface area contributed by atoms with Crippen molar-refractivity contribution in [1.29, 1.82) is 0 Å². The number of nitrogens with zero attached hydrogens (tertiary/aromatic N) is 5. The predicted octanol–water partition coefficient (Wildman–Crippen LogP) is 10.9. The summed E-state index contributed by atoms with van der Waals surface area (Å²) in [4.78, 5) is 17.5. The van der Waals surface area contributed by atoms with Gasteiger partial charge in [0.15, 0.2) is 0 Å². The first kappa shape index (κ1) is 27.7. The van der Waals surface area contributed by atoms with Crippen LogP contribution in [0.3, 0.4) is 0 Å². The summed E-state index contributed by atoms with van der Waals surface area (Å²) >= 11 is 0. The van der Waals surface area contributed by atoms with Crippen LogP contribution in [0.2, 0.25) is 0 Å². The molecule has 0 saturated carbocycles. The molecule has 0 radical (unpaired) electrons. The van der Waals surface area contributed by atoms with Crippen LogP contribution in [-0.2, 0) is 0 Å². The van der Waals surface area contributed by atoms with Crippen LogP contribution in [0.4, 0.5) is 17.1 Å². The predicted molar refractivity (Wildman–Crippen MR) is 197 cm³/mol. The number of hydrogen-bond acceptors (Lipinski definition) is 4. The first-order valence-electron chi connectivity index (χ1n) is 16.0. The zero-order valence-corrected chi connectivity index (χ0v) is 26.0. The molecule has 6 aromatic carbocycles. The van der Waals surface area contributed by atoms with Gasteiger partial charge in [0.25, 0.3) is 0 Å². The lowest BCUT2D eigenvalue weighted by atomic mass is 9.98.